The molecule has 2 unspecified atom stereocenters. The molecule has 13 heavy (non-hydrogen) atoms. The molecular weight excluding hydrogens is 162 g/mol. The fraction of sp³-hybridized carbons (Fsp3) is 0.700. The van der Waals surface area contributed by atoms with Gasteiger partial charge >= 0.3 is 0 Å². The molecule has 72 valence electrons. The Morgan fingerprint density at radius 3 is 2.62 bits per heavy atom. The third-order valence-electron chi connectivity index (χ3n) is 2.83. The third kappa shape index (κ3) is 1.61. The van der Waals surface area contributed by atoms with E-state index < -0.39 is 0 Å². The van der Waals surface area contributed by atoms with Crippen molar-refractivity contribution in [3.8, 4) is 0 Å². The maximum Gasteiger partial charge on any atom is 0.123 e. The number of aromatic nitrogens is 2. The number of nitrogens with zero attached hydrogens (tertiary/aromatic N) is 1. The van der Waals surface area contributed by atoms with E-state index in [2.05, 4.69) is 29.1 Å². The van der Waals surface area contributed by atoms with Crippen molar-refractivity contribution < 1.29 is 0 Å². The normalized spacial score (nSPS) is 28.2. The zero-order chi connectivity index (χ0) is 9.42. The van der Waals surface area contributed by atoms with Crippen LogP contribution in [0.2, 0.25) is 0 Å². The zero-order valence-electron chi connectivity index (χ0n) is 8.52. The van der Waals surface area contributed by atoms with Crippen LogP contribution in [0.4, 0.5) is 0 Å². The summed E-state index contributed by atoms with van der Waals surface area (Å²) in [6.07, 6.45) is 1.20. The Bertz CT molecular complexity index is 284. The first-order valence-corrected chi connectivity index (χ1v) is 4.93. The summed E-state index contributed by atoms with van der Waals surface area (Å²) in [5, 5.41) is 3.47. The first-order valence-electron chi connectivity index (χ1n) is 4.93. The maximum absolute atomic E-state index is 4.51. The molecule has 0 spiro atoms. The van der Waals surface area contributed by atoms with Crippen LogP contribution in [0.1, 0.15) is 36.6 Å². The molecule has 0 bridgehead atoms. The molecular formula is C10H17N3. The standard InChI is InChI=1S/C10H17N3/c1-6-4-9(11-5-6)10-12-7(2)8(3)13-10/h6,9,11H,4-5H2,1-3H3,(H,12,13). The summed E-state index contributed by atoms with van der Waals surface area (Å²) >= 11 is 0. The van der Waals surface area contributed by atoms with Crippen molar-refractivity contribution in [2.75, 3.05) is 6.54 Å². The molecule has 2 N–H and O–H groups in total. The number of aryl methyl sites for hydroxylation is 2. The second kappa shape index (κ2) is 3.14. The summed E-state index contributed by atoms with van der Waals surface area (Å²) in [7, 11) is 0. The topological polar surface area (TPSA) is 40.7 Å². The molecule has 1 saturated heterocycles. The van der Waals surface area contributed by atoms with Crippen LogP contribution in [0.15, 0.2) is 0 Å². The lowest BCUT2D eigenvalue weighted by Gasteiger charge is -2.05. The maximum atomic E-state index is 4.51. The molecule has 0 radical (unpaired) electrons. The molecule has 1 fully saturated rings. The quantitative estimate of drug-likeness (QED) is 0.689. The Hall–Kier alpha value is -0.830. The van der Waals surface area contributed by atoms with E-state index in [1.54, 1.807) is 0 Å². The predicted octanol–water partition coefficient (Wildman–Crippen LogP) is 1.70. The molecule has 1 aliphatic rings. The highest BCUT2D eigenvalue weighted by Gasteiger charge is 2.24. The number of aromatic amines is 1. The van der Waals surface area contributed by atoms with Gasteiger partial charge in [-0.05, 0) is 32.7 Å². The zero-order valence-corrected chi connectivity index (χ0v) is 8.52. The van der Waals surface area contributed by atoms with Gasteiger partial charge in [0.25, 0.3) is 0 Å². The Morgan fingerprint density at radius 1 is 1.38 bits per heavy atom. The van der Waals surface area contributed by atoms with Gasteiger partial charge in [-0.3, -0.25) is 0 Å². The number of hydrogen-bond acceptors (Lipinski definition) is 2. The highest BCUT2D eigenvalue weighted by molar-refractivity contribution is 5.13. The van der Waals surface area contributed by atoms with E-state index in [1.807, 2.05) is 6.92 Å². The minimum absolute atomic E-state index is 0.447. The molecule has 3 nitrogen and oxygen atoms in total. The smallest absolute Gasteiger partial charge is 0.123 e. The Balaban J connectivity index is 2.17. The van der Waals surface area contributed by atoms with Crippen molar-refractivity contribution in [2.24, 2.45) is 5.92 Å². The first kappa shape index (κ1) is 8.75. The molecule has 2 rings (SSSR count). The second-order valence-electron chi connectivity index (χ2n) is 4.13. The summed E-state index contributed by atoms with van der Waals surface area (Å²) in [4.78, 5) is 7.84. The highest BCUT2D eigenvalue weighted by atomic mass is 15.0. The van der Waals surface area contributed by atoms with Crippen LogP contribution in [-0.4, -0.2) is 16.5 Å². The van der Waals surface area contributed by atoms with E-state index in [0.717, 1.165) is 24.0 Å². The Kier molecular flexibility index (Phi) is 2.12. The van der Waals surface area contributed by atoms with Gasteiger partial charge in [0.15, 0.2) is 0 Å². The molecule has 3 heteroatoms. The van der Waals surface area contributed by atoms with E-state index in [9.17, 15) is 0 Å². The van der Waals surface area contributed by atoms with Gasteiger partial charge in [0.1, 0.15) is 5.82 Å². The fourth-order valence-corrected chi connectivity index (χ4v) is 1.86. The van der Waals surface area contributed by atoms with Crippen LogP contribution in [0.5, 0.6) is 0 Å². The Labute approximate surface area is 79.0 Å². The van der Waals surface area contributed by atoms with Gasteiger partial charge in [0.2, 0.25) is 0 Å². The van der Waals surface area contributed by atoms with Crippen molar-refractivity contribution in [1.82, 2.24) is 15.3 Å². The molecule has 0 aliphatic carbocycles. The van der Waals surface area contributed by atoms with Gasteiger partial charge in [0, 0.05) is 5.69 Å². The van der Waals surface area contributed by atoms with Crippen LogP contribution in [0.3, 0.4) is 0 Å². The average molecular weight is 179 g/mol. The van der Waals surface area contributed by atoms with Gasteiger partial charge in [-0.25, -0.2) is 4.98 Å². The number of hydrogen-bond donors (Lipinski definition) is 2. The summed E-state index contributed by atoms with van der Waals surface area (Å²) in [5.41, 5.74) is 2.31. The van der Waals surface area contributed by atoms with Crippen molar-refractivity contribution in [1.29, 1.82) is 0 Å². The second-order valence-corrected chi connectivity index (χ2v) is 4.13. The average Bonchev–Trinajstić information content (AvgIpc) is 2.61. The van der Waals surface area contributed by atoms with Gasteiger partial charge in [-0.2, -0.15) is 0 Å². The lowest BCUT2D eigenvalue weighted by Crippen LogP contribution is -2.14. The number of rotatable bonds is 1. The van der Waals surface area contributed by atoms with Crippen molar-refractivity contribution in [3.63, 3.8) is 0 Å². The monoisotopic (exact) mass is 179 g/mol. The fourth-order valence-electron chi connectivity index (χ4n) is 1.86. The first-order chi connectivity index (χ1) is 6.16. The van der Waals surface area contributed by atoms with E-state index >= 15 is 0 Å². The lowest BCUT2D eigenvalue weighted by molar-refractivity contribution is 0.587. The van der Waals surface area contributed by atoms with Gasteiger partial charge < -0.3 is 10.3 Å². The van der Waals surface area contributed by atoms with Crippen LogP contribution >= 0.6 is 0 Å². The van der Waals surface area contributed by atoms with E-state index in [-0.39, 0.29) is 0 Å². The van der Waals surface area contributed by atoms with Crippen LogP contribution in [-0.2, 0) is 0 Å². The summed E-state index contributed by atoms with van der Waals surface area (Å²) in [6, 6.07) is 0.447. The van der Waals surface area contributed by atoms with E-state index in [4.69, 9.17) is 0 Å². The summed E-state index contributed by atoms with van der Waals surface area (Å²) in [5.74, 6) is 1.88. The minimum atomic E-state index is 0.447. The summed E-state index contributed by atoms with van der Waals surface area (Å²) < 4.78 is 0. The molecule has 2 heterocycles. The largest absolute Gasteiger partial charge is 0.345 e. The van der Waals surface area contributed by atoms with Crippen molar-refractivity contribution >= 4 is 0 Å². The highest BCUT2D eigenvalue weighted by Crippen LogP contribution is 2.25. The summed E-state index contributed by atoms with van der Waals surface area (Å²) in [6.45, 7) is 7.51. The molecule has 2 atom stereocenters. The van der Waals surface area contributed by atoms with E-state index in [1.165, 1.54) is 12.1 Å². The lowest BCUT2D eigenvalue weighted by atomic mass is 10.1. The molecule has 1 aromatic heterocycles. The van der Waals surface area contributed by atoms with Crippen LogP contribution in [0.25, 0.3) is 0 Å². The van der Waals surface area contributed by atoms with Gasteiger partial charge in [-0.1, -0.05) is 6.92 Å². The number of nitrogens with one attached hydrogen (secondary N) is 2. The minimum Gasteiger partial charge on any atom is -0.345 e. The van der Waals surface area contributed by atoms with Crippen molar-refractivity contribution in [3.05, 3.63) is 17.2 Å². The molecule has 0 saturated carbocycles. The van der Waals surface area contributed by atoms with Gasteiger partial charge in [0.05, 0.1) is 11.7 Å². The number of H-pyrrole nitrogens is 1. The predicted molar refractivity (Wildman–Crippen MR) is 52.6 cm³/mol. The van der Waals surface area contributed by atoms with Gasteiger partial charge in [-0.15, -0.1) is 0 Å². The third-order valence-corrected chi connectivity index (χ3v) is 2.83. The molecule has 0 aromatic carbocycles. The van der Waals surface area contributed by atoms with E-state index in [0.29, 0.717) is 6.04 Å². The molecule has 1 aromatic rings. The number of imidazole rings is 1. The molecule has 0 amide bonds. The SMILES string of the molecule is Cc1nc(C2CC(C)CN2)[nH]c1C. The Morgan fingerprint density at radius 2 is 2.15 bits per heavy atom. The molecule has 1 aliphatic heterocycles. The van der Waals surface area contributed by atoms with Crippen LogP contribution in [0, 0.1) is 19.8 Å². The van der Waals surface area contributed by atoms with Crippen LogP contribution < -0.4 is 5.32 Å². The van der Waals surface area contributed by atoms with Crippen molar-refractivity contribution in [2.45, 2.75) is 33.2 Å².